The molecule has 2 aliphatic rings. The standard InChI is InChI=1S/C21H21F3N2O2/c1-2-25-9-10-26-17(12-25)13-28-19-8-5-15(11-18(19)20(26)27)14-3-6-16(7-4-14)21(22,23)24/h3-8,11,17H,2,9-10,12-13H2,1H3/t17-/m0/s1. The number of hydrogen-bond acceptors (Lipinski definition) is 3. The summed E-state index contributed by atoms with van der Waals surface area (Å²) in [5, 5.41) is 0. The number of halogens is 3. The third-order valence-corrected chi connectivity index (χ3v) is 5.46. The van der Waals surface area contributed by atoms with Gasteiger partial charge in [-0.2, -0.15) is 13.2 Å². The summed E-state index contributed by atoms with van der Waals surface area (Å²) >= 11 is 0. The number of piperazine rings is 1. The molecule has 0 saturated carbocycles. The molecule has 1 saturated heterocycles. The first-order valence-corrected chi connectivity index (χ1v) is 9.34. The third kappa shape index (κ3) is 3.46. The van der Waals surface area contributed by atoms with E-state index in [9.17, 15) is 18.0 Å². The van der Waals surface area contributed by atoms with Crippen molar-refractivity contribution in [3.63, 3.8) is 0 Å². The average Bonchev–Trinajstić information content (AvgIpc) is 2.83. The van der Waals surface area contributed by atoms with Gasteiger partial charge in [0.1, 0.15) is 12.4 Å². The number of hydrogen-bond donors (Lipinski definition) is 0. The fourth-order valence-electron chi connectivity index (χ4n) is 3.81. The van der Waals surface area contributed by atoms with Crippen LogP contribution < -0.4 is 4.74 Å². The van der Waals surface area contributed by atoms with Gasteiger partial charge in [0, 0.05) is 19.6 Å². The van der Waals surface area contributed by atoms with Gasteiger partial charge in [-0.15, -0.1) is 0 Å². The summed E-state index contributed by atoms with van der Waals surface area (Å²) in [7, 11) is 0. The van der Waals surface area contributed by atoms with E-state index in [0.717, 1.165) is 31.8 Å². The number of carbonyl (C=O) groups excluding carboxylic acids is 1. The van der Waals surface area contributed by atoms with Crippen molar-refractivity contribution >= 4 is 5.91 Å². The van der Waals surface area contributed by atoms with E-state index in [1.165, 1.54) is 12.1 Å². The van der Waals surface area contributed by atoms with Crippen LogP contribution in [0.4, 0.5) is 13.2 Å². The van der Waals surface area contributed by atoms with Crippen LogP contribution in [0.25, 0.3) is 11.1 Å². The van der Waals surface area contributed by atoms with Gasteiger partial charge in [-0.1, -0.05) is 25.1 Å². The Bertz CT molecular complexity index is 880. The lowest BCUT2D eigenvalue weighted by atomic mass is 10.00. The Morgan fingerprint density at radius 3 is 2.46 bits per heavy atom. The number of carbonyl (C=O) groups is 1. The summed E-state index contributed by atoms with van der Waals surface area (Å²) in [6.07, 6.45) is -4.37. The number of likely N-dealkylation sites (N-methyl/N-ethyl adjacent to an activating group) is 1. The summed E-state index contributed by atoms with van der Waals surface area (Å²) in [5.41, 5.74) is 1.09. The molecule has 2 aliphatic heterocycles. The number of nitrogens with zero attached hydrogens (tertiary/aromatic N) is 2. The van der Waals surface area contributed by atoms with Crippen LogP contribution in [0.2, 0.25) is 0 Å². The summed E-state index contributed by atoms with van der Waals surface area (Å²) in [4.78, 5) is 17.3. The third-order valence-electron chi connectivity index (χ3n) is 5.46. The van der Waals surface area contributed by atoms with Gasteiger partial charge in [-0.25, -0.2) is 0 Å². The predicted molar refractivity (Wildman–Crippen MR) is 99.3 cm³/mol. The molecule has 0 spiro atoms. The van der Waals surface area contributed by atoms with Crippen LogP contribution >= 0.6 is 0 Å². The molecule has 0 radical (unpaired) electrons. The largest absolute Gasteiger partial charge is 0.491 e. The van der Waals surface area contributed by atoms with Gasteiger partial charge in [0.25, 0.3) is 5.91 Å². The topological polar surface area (TPSA) is 32.8 Å². The van der Waals surface area contributed by atoms with E-state index in [2.05, 4.69) is 11.8 Å². The Kier molecular flexibility index (Phi) is 4.79. The maximum atomic E-state index is 13.1. The fourth-order valence-corrected chi connectivity index (χ4v) is 3.81. The van der Waals surface area contributed by atoms with Crippen molar-refractivity contribution in [1.82, 2.24) is 9.80 Å². The molecular weight excluding hydrogens is 369 g/mol. The first-order valence-electron chi connectivity index (χ1n) is 9.34. The minimum absolute atomic E-state index is 0.00289. The molecule has 2 aromatic rings. The summed E-state index contributed by atoms with van der Waals surface area (Å²) in [6.45, 7) is 5.72. The summed E-state index contributed by atoms with van der Waals surface area (Å²) in [5.74, 6) is 0.445. The van der Waals surface area contributed by atoms with Crippen LogP contribution in [-0.2, 0) is 6.18 Å². The Hall–Kier alpha value is -2.54. The normalized spacial score (nSPS) is 20.2. The second-order valence-corrected chi connectivity index (χ2v) is 7.14. The van der Waals surface area contributed by atoms with Crippen LogP contribution in [0.15, 0.2) is 42.5 Å². The lowest BCUT2D eigenvalue weighted by molar-refractivity contribution is -0.137. The van der Waals surface area contributed by atoms with Crippen molar-refractivity contribution < 1.29 is 22.7 Å². The maximum absolute atomic E-state index is 13.1. The molecule has 1 fully saturated rings. The molecule has 148 valence electrons. The van der Waals surface area contributed by atoms with Crippen molar-refractivity contribution in [2.45, 2.75) is 19.1 Å². The summed E-state index contributed by atoms with van der Waals surface area (Å²) in [6, 6.07) is 10.2. The molecule has 0 bridgehead atoms. The Morgan fingerprint density at radius 2 is 1.79 bits per heavy atom. The van der Waals surface area contributed by atoms with Gasteiger partial charge < -0.3 is 9.64 Å². The highest BCUT2D eigenvalue weighted by Gasteiger charge is 2.35. The van der Waals surface area contributed by atoms with Gasteiger partial charge in [-0.3, -0.25) is 9.69 Å². The molecule has 2 heterocycles. The van der Waals surface area contributed by atoms with E-state index in [1.807, 2.05) is 4.90 Å². The van der Waals surface area contributed by atoms with Crippen LogP contribution in [0.5, 0.6) is 5.75 Å². The lowest BCUT2D eigenvalue weighted by Gasteiger charge is -2.39. The Labute approximate surface area is 161 Å². The lowest BCUT2D eigenvalue weighted by Crippen LogP contribution is -2.56. The number of benzene rings is 2. The zero-order chi connectivity index (χ0) is 19.9. The first-order chi connectivity index (χ1) is 13.4. The summed E-state index contributed by atoms with van der Waals surface area (Å²) < 4.78 is 44.3. The SMILES string of the molecule is CCN1CCN2C(=O)c3cc(-c4ccc(C(F)(F)F)cc4)ccc3OC[C@@H]2C1. The molecule has 4 nitrogen and oxygen atoms in total. The van der Waals surface area contributed by atoms with E-state index < -0.39 is 11.7 Å². The molecule has 0 unspecified atom stereocenters. The van der Waals surface area contributed by atoms with E-state index in [0.29, 0.717) is 35.6 Å². The van der Waals surface area contributed by atoms with Gasteiger partial charge in [0.15, 0.2) is 0 Å². The zero-order valence-electron chi connectivity index (χ0n) is 15.5. The highest BCUT2D eigenvalue weighted by molar-refractivity contribution is 5.99. The van der Waals surface area contributed by atoms with Gasteiger partial charge in [0.05, 0.1) is 17.2 Å². The van der Waals surface area contributed by atoms with Crippen molar-refractivity contribution in [2.24, 2.45) is 0 Å². The van der Waals surface area contributed by atoms with Gasteiger partial charge in [0.2, 0.25) is 0 Å². The van der Waals surface area contributed by atoms with E-state index >= 15 is 0 Å². The zero-order valence-corrected chi connectivity index (χ0v) is 15.5. The molecule has 4 rings (SSSR count). The van der Waals surface area contributed by atoms with Crippen LogP contribution in [0.1, 0.15) is 22.8 Å². The second kappa shape index (κ2) is 7.13. The molecule has 7 heteroatoms. The van der Waals surface area contributed by atoms with E-state index in [4.69, 9.17) is 4.74 Å². The van der Waals surface area contributed by atoms with Crippen LogP contribution in [0.3, 0.4) is 0 Å². The molecule has 0 aromatic heterocycles. The molecule has 0 N–H and O–H groups in total. The van der Waals surface area contributed by atoms with Crippen LogP contribution in [-0.4, -0.2) is 54.5 Å². The van der Waals surface area contributed by atoms with Crippen molar-refractivity contribution in [3.8, 4) is 16.9 Å². The monoisotopic (exact) mass is 390 g/mol. The van der Waals surface area contributed by atoms with Crippen molar-refractivity contribution in [3.05, 3.63) is 53.6 Å². The number of rotatable bonds is 2. The maximum Gasteiger partial charge on any atom is 0.416 e. The minimum Gasteiger partial charge on any atom is -0.491 e. The Morgan fingerprint density at radius 1 is 1.07 bits per heavy atom. The number of fused-ring (bicyclic) bond motifs is 2. The molecule has 1 amide bonds. The molecule has 1 atom stereocenters. The van der Waals surface area contributed by atoms with Crippen LogP contribution in [0, 0.1) is 0 Å². The fraction of sp³-hybridized carbons (Fsp3) is 0.381. The molecule has 2 aromatic carbocycles. The first kappa shape index (κ1) is 18.8. The number of ether oxygens (including phenoxy) is 1. The van der Waals surface area contributed by atoms with Crippen molar-refractivity contribution in [1.29, 1.82) is 0 Å². The molecule has 28 heavy (non-hydrogen) atoms. The van der Waals surface area contributed by atoms with E-state index in [-0.39, 0.29) is 11.9 Å². The van der Waals surface area contributed by atoms with Crippen molar-refractivity contribution in [2.75, 3.05) is 32.8 Å². The molecule has 0 aliphatic carbocycles. The average molecular weight is 390 g/mol. The minimum atomic E-state index is -4.37. The quantitative estimate of drug-likeness (QED) is 0.780. The predicted octanol–water partition coefficient (Wildman–Crippen LogP) is 3.91. The van der Waals surface area contributed by atoms with Gasteiger partial charge >= 0.3 is 6.18 Å². The smallest absolute Gasteiger partial charge is 0.416 e. The highest BCUT2D eigenvalue weighted by atomic mass is 19.4. The highest BCUT2D eigenvalue weighted by Crippen LogP contribution is 2.34. The number of amides is 1. The number of alkyl halides is 3. The van der Waals surface area contributed by atoms with E-state index in [1.54, 1.807) is 18.2 Å². The molecular formula is C21H21F3N2O2. The van der Waals surface area contributed by atoms with Gasteiger partial charge in [-0.05, 0) is 41.9 Å². The Balaban J connectivity index is 1.63. The second-order valence-electron chi connectivity index (χ2n) is 7.14.